The highest BCUT2D eigenvalue weighted by atomic mass is 16.5. The highest BCUT2D eigenvalue weighted by Crippen LogP contribution is 2.29. The Balaban J connectivity index is 1.91. The van der Waals surface area contributed by atoms with E-state index in [0.717, 1.165) is 24.3 Å². The summed E-state index contributed by atoms with van der Waals surface area (Å²) in [5.41, 5.74) is 2.16. The SMILES string of the molecule is Cc1ccc(C(O)C(C)OC2CCCC(C)C2)cc1. The average Bonchev–Trinajstić information content (AvgIpc) is 2.39. The summed E-state index contributed by atoms with van der Waals surface area (Å²) in [5.74, 6) is 0.752. The number of aliphatic hydroxyl groups excluding tert-OH is 1. The maximum Gasteiger partial charge on any atom is 0.105 e. The third-order valence-corrected chi connectivity index (χ3v) is 4.16. The largest absolute Gasteiger partial charge is 0.386 e. The summed E-state index contributed by atoms with van der Waals surface area (Å²) in [6.45, 7) is 6.32. The smallest absolute Gasteiger partial charge is 0.105 e. The number of benzene rings is 1. The molecule has 1 aliphatic rings. The lowest BCUT2D eigenvalue weighted by molar-refractivity contribution is -0.0849. The van der Waals surface area contributed by atoms with Gasteiger partial charge in [0.1, 0.15) is 6.10 Å². The second kappa shape index (κ2) is 6.53. The van der Waals surface area contributed by atoms with E-state index in [4.69, 9.17) is 4.74 Å². The van der Waals surface area contributed by atoms with Crippen molar-refractivity contribution in [2.75, 3.05) is 0 Å². The third-order valence-electron chi connectivity index (χ3n) is 4.16. The Bertz CT molecular complexity index is 385. The van der Waals surface area contributed by atoms with Crippen LogP contribution in [0.15, 0.2) is 24.3 Å². The second-order valence-electron chi connectivity index (χ2n) is 6.09. The Morgan fingerprint density at radius 1 is 1.21 bits per heavy atom. The second-order valence-corrected chi connectivity index (χ2v) is 6.09. The van der Waals surface area contributed by atoms with E-state index < -0.39 is 6.10 Å². The van der Waals surface area contributed by atoms with E-state index in [-0.39, 0.29) is 6.10 Å². The standard InChI is InChI=1S/C17H26O2/c1-12-7-9-15(10-8-12)17(18)14(3)19-16-6-4-5-13(2)11-16/h7-10,13-14,16-18H,4-6,11H2,1-3H3. The average molecular weight is 262 g/mol. The van der Waals surface area contributed by atoms with Crippen molar-refractivity contribution >= 4 is 0 Å². The van der Waals surface area contributed by atoms with Crippen LogP contribution in [0.4, 0.5) is 0 Å². The molecule has 4 unspecified atom stereocenters. The zero-order valence-corrected chi connectivity index (χ0v) is 12.3. The first-order valence-electron chi connectivity index (χ1n) is 7.46. The predicted octanol–water partition coefficient (Wildman–Crippen LogP) is 4.01. The van der Waals surface area contributed by atoms with E-state index in [1.54, 1.807) is 0 Å². The van der Waals surface area contributed by atoms with E-state index in [1.807, 2.05) is 31.2 Å². The van der Waals surface area contributed by atoms with Gasteiger partial charge < -0.3 is 9.84 Å². The highest BCUT2D eigenvalue weighted by Gasteiger charge is 2.24. The fraction of sp³-hybridized carbons (Fsp3) is 0.647. The summed E-state index contributed by atoms with van der Waals surface area (Å²) >= 11 is 0. The van der Waals surface area contributed by atoms with Gasteiger partial charge in [-0.05, 0) is 38.2 Å². The van der Waals surface area contributed by atoms with E-state index in [0.29, 0.717) is 6.10 Å². The zero-order valence-electron chi connectivity index (χ0n) is 12.3. The minimum absolute atomic E-state index is 0.141. The van der Waals surface area contributed by atoms with Crippen LogP contribution >= 0.6 is 0 Å². The molecule has 1 aliphatic carbocycles. The molecule has 0 heterocycles. The molecule has 0 spiro atoms. The zero-order chi connectivity index (χ0) is 13.8. The van der Waals surface area contributed by atoms with Crippen LogP contribution in [-0.2, 0) is 4.74 Å². The molecule has 0 aromatic heterocycles. The van der Waals surface area contributed by atoms with E-state index in [1.165, 1.54) is 18.4 Å². The minimum atomic E-state index is -0.530. The Kier molecular flexibility index (Phi) is 5.00. The van der Waals surface area contributed by atoms with Gasteiger partial charge in [0.25, 0.3) is 0 Å². The highest BCUT2D eigenvalue weighted by molar-refractivity contribution is 5.23. The molecule has 0 radical (unpaired) electrons. The van der Waals surface area contributed by atoms with Crippen molar-refractivity contribution in [1.29, 1.82) is 0 Å². The van der Waals surface area contributed by atoms with E-state index in [9.17, 15) is 5.11 Å². The first-order valence-corrected chi connectivity index (χ1v) is 7.46. The molecule has 0 saturated heterocycles. The molecule has 4 atom stereocenters. The molecule has 19 heavy (non-hydrogen) atoms. The molecular formula is C17H26O2. The molecule has 2 heteroatoms. The molecule has 0 amide bonds. The first kappa shape index (κ1) is 14.5. The van der Waals surface area contributed by atoms with Gasteiger partial charge in [-0.2, -0.15) is 0 Å². The number of aliphatic hydroxyl groups is 1. The lowest BCUT2D eigenvalue weighted by atomic mass is 9.88. The Hall–Kier alpha value is -0.860. The van der Waals surface area contributed by atoms with Crippen LogP contribution in [-0.4, -0.2) is 17.3 Å². The van der Waals surface area contributed by atoms with Crippen molar-refractivity contribution in [1.82, 2.24) is 0 Å². The van der Waals surface area contributed by atoms with Crippen LogP contribution in [0.2, 0.25) is 0 Å². The van der Waals surface area contributed by atoms with Gasteiger partial charge in [0.15, 0.2) is 0 Å². The molecular weight excluding hydrogens is 236 g/mol. The van der Waals surface area contributed by atoms with Gasteiger partial charge in [-0.1, -0.05) is 49.6 Å². The molecule has 0 aliphatic heterocycles. The summed E-state index contributed by atoms with van der Waals surface area (Å²) in [6.07, 6.45) is 4.48. The summed E-state index contributed by atoms with van der Waals surface area (Å²) in [7, 11) is 0. The van der Waals surface area contributed by atoms with Gasteiger partial charge in [0, 0.05) is 0 Å². The maximum atomic E-state index is 10.4. The summed E-state index contributed by atoms with van der Waals surface area (Å²) in [5, 5.41) is 10.4. The molecule has 2 nitrogen and oxygen atoms in total. The van der Waals surface area contributed by atoms with Crippen LogP contribution < -0.4 is 0 Å². The molecule has 2 rings (SSSR count). The number of rotatable bonds is 4. The van der Waals surface area contributed by atoms with Gasteiger partial charge >= 0.3 is 0 Å². The van der Waals surface area contributed by atoms with Crippen LogP contribution in [0.5, 0.6) is 0 Å². The molecule has 1 saturated carbocycles. The van der Waals surface area contributed by atoms with Gasteiger partial charge in [-0.15, -0.1) is 0 Å². The lowest BCUT2D eigenvalue weighted by Gasteiger charge is -2.31. The number of hydrogen-bond donors (Lipinski definition) is 1. The Labute approximate surface area is 116 Å². The maximum absolute atomic E-state index is 10.4. The summed E-state index contributed by atoms with van der Waals surface area (Å²) in [6, 6.07) is 8.05. The fourth-order valence-corrected chi connectivity index (χ4v) is 2.91. The number of ether oxygens (including phenoxy) is 1. The molecule has 1 aromatic carbocycles. The van der Waals surface area contributed by atoms with Crippen molar-refractivity contribution in [3.8, 4) is 0 Å². The number of aryl methyl sites for hydroxylation is 1. The predicted molar refractivity (Wildman–Crippen MR) is 78.1 cm³/mol. The van der Waals surface area contributed by atoms with Crippen LogP contribution in [0.25, 0.3) is 0 Å². The van der Waals surface area contributed by atoms with Gasteiger partial charge in [-0.25, -0.2) is 0 Å². The molecule has 0 bridgehead atoms. The van der Waals surface area contributed by atoms with Crippen LogP contribution in [0.1, 0.15) is 56.8 Å². The van der Waals surface area contributed by atoms with Crippen molar-refractivity contribution in [3.63, 3.8) is 0 Å². The van der Waals surface area contributed by atoms with Gasteiger partial charge in [-0.3, -0.25) is 0 Å². The minimum Gasteiger partial charge on any atom is -0.386 e. The summed E-state index contributed by atoms with van der Waals surface area (Å²) in [4.78, 5) is 0. The third kappa shape index (κ3) is 4.05. The number of hydrogen-bond acceptors (Lipinski definition) is 2. The lowest BCUT2D eigenvalue weighted by Crippen LogP contribution is -2.29. The summed E-state index contributed by atoms with van der Waals surface area (Å²) < 4.78 is 6.06. The Morgan fingerprint density at radius 3 is 2.53 bits per heavy atom. The van der Waals surface area contributed by atoms with Crippen LogP contribution in [0.3, 0.4) is 0 Å². The molecule has 1 N–H and O–H groups in total. The Morgan fingerprint density at radius 2 is 1.89 bits per heavy atom. The van der Waals surface area contributed by atoms with Crippen molar-refractivity contribution in [2.45, 2.75) is 64.8 Å². The fourth-order valence-electron chi connectivity index (χ4n) is 2.91. The topological polar surface area (TPSA) is 29.5 Å². The first-order chi connectivity index (χ1) is 9.06. The van der Waals surface area contributed by atoms with E-state index in [2.05, 4.69) is 13.8 Å². The molecule has 1 aromatic rings. The van der Waals surface area contributed by atoms with Crippen LogP contribution in [0, 0.1) is 12.8 Å². The van der Waals surface area contributed by atoms with Crippen molar-refractivity contribution < 1.29 is 9.84 Å². The van der Waals surface area contributed by atoms with E-state index >= 15 is 0 Å². The van der Waals surface area contributed by atoms with Gasteiger partial charge in [0.05, 0.1) is 12.2 Å². The van der Waals surface area contributed by atoms with Crippen molar-refractivity contribution in [2.24, 2.45) is 5.92 Å². The normalized spacial score (nSPS) is 26.9. The molecule has 106 valence electrons. The van der Waals surface area contributed by atoms with Gasteiger partial charge in [0.2, 0.25) is 0 Å². The monoisotopic (exact) mass is 262 g/mol. The quantitative estimate of drug-likeness (QED) is 0.888. The molecule has 1 fully saturated rings. The van der Waals surface area contributed by atoms with Crippen molar-refractivity contribution in [3.05, 3.63) is 35.4 Å².